The van der Waals surface area contributed by atoms with E-state index in [1.54, 1.807) is 0 Å². The Labute approximate surface area is 117 Å². The number of nitrogens with one attached hydrogen (secondary N) is 1. The molecule has 0 aromatic carbocycles. The third kappa shape index (κ3) is 3.12. The van der Waals surface area contributed by atoms with Crippen LogP contribution in [-0.2, 0) is 0 Å². The van der Waals surface area contributed by atoms with Crippen molar-refractivity contribution in [2.45, 2.75) is 39.0 Å². The van der Waals surface area contributed by atoms with Gasteiger partial charge in [-0.15, -0.1) is 0 Å². The summed E-state index contributed by atoms with van der Waals surface area (Å²) < 4.78 is 1.31. The van der Waals surface area contributed by atoms with Crippen molar-refractivity contribution in [3.8, 4) is 0 Å². The van der Waals surface area contributed by atoms with Crippen molar-refractivity contribution in [1.29, 1.82) is 0 Å². The Morgan fingerprint density at radius 2 is 2.24 bits per heavy atom. The van der Waals surface area contributed by atoms with E-state index in [4.69, 9.17) is 0 Å². The summed E-state index contributed by atoms with van der Waals surface area (Å²) in [5.41, 5.74) is 2.03. The van der Waals surface area contributed by atoms with Crippen molar-refractivity contribution in [2.24, 2.45) is 11.3 Å². The molecule has 0 bridgehead atoms. The molecule has 0 spiro atoms. The van der Waals surface area contributed by atoms with E-state index in [0.29, 0.717) is 11.3 Å². The maximum atomic E-state index is 3.71. The molecule has 1 aliphatic carbocycles. The maximum absolute atomic E-state index is 3.71. The Morgan fingerprint density at radius 1 is 1.47 bits per heavy atom. The number of thiophene rings is 1. The van der Waals surface area contributed by atoms with Gasteiger partial charge >= 0.3 is 0 Å². The Balaban J connectivity index is 2.22. The van der Waals surface area contributed by atoms with Crippen LogP contribution in [0.15, 0.2) is 15.2 Å². The van der Waals surface area contributed by atoms with E-state index in [0.717, 1.165) is 12.5 Å². The van der Waals surface area contributed by atoms with Crippen LogP contribution < -0.4 is 5.32 Å². The lowest BCUT2D eigenvalue weighted by Crippen LogP contribution is -2.33. The fourth-order valence-electron chi connectivity index (χ4n) is 3.07. The molecule has 1 saturated carbocycles. The first-order chi connectivity index (χ1) is 8.03. The van der Waals surface area contributed by atoms with Crippen LogP contribution in [-0.4, -0.2) is 13.6 Å². The van der Waals surface area contributed by atoms with E-state index in [1.165, 1.54) is 29.3 Å². The zero-order valence-corrected chi connectivity index (χ0v) is 13.3. The molecule has 1 aromatic heterocycles. The van der Waals surface area contributed by atoms with E-state index in [1.807, 2.05) is 11.3 Å². The second-order valence-electron chi connectivity index (χ2n) is 6.01. The third-order valence-electron chi connectivity index (χ3n) is 4.04. The highest BCUT2D eigenvalue weighted by Gasteiger charge is 2.36. The number of rotatable bonds is 3. The minimum absolute atomic E-state index is 0.496. The van der Waals surface area contributed by atoms with E-state index in [-0.39, 0.29) is 0 Å². The molecule has 0 aliphatic heterocycles. The van der Waals surface area contributed by atoms with Crippen molar-refractivity contribution in [1.82, 2.24) is 5.32 Å². The largest absolute Gasteiger partial charge is 0.319 e. The normalized spacial score (nSPS) is 28.2. The van der Waals surface area contributed by atoms with Gasteiger partial charge in [0.05, 0.1) is 0 Å². The van der Waals surface area contributed by atoms with Crippen molar-refractivity contribution < 1.29 is 0 Å². The van der Waals surface area contributed by atoms with Crippen LogP contribution >= 0.6 is 27.3 Å². The summed E-state index contributed by atoms with van der Waals surface area (Å²) in [5, 5.41) is 7.91. The zero-order valence-electron chi connectivity index (χ0n) is 10.9. The van der Waals surface area contributed by atoms with E-state index < -0.39 is 0 Å². The Kier molecular flexibility index (Phi) is 4.32. The van der Waals surface area contributed by atoms with Crippen LogP contribution in [0.5, 0.6) is 0 Å². The topological polar surface area (TPSA) is 12.0 Å². The predicted octanol–water partition coefficient (Wildman–Crippen LogP) is 4.64. The lowest BCUT2D eigenvalue weighted by atomic mass is 9.65. The van der Waals surface area contributed by atoms with Gasteiger partial charge in [0.1, 0.15) is 0 Å². The minimum atomic E-state index is 0.496. The molecule has 1 N–H and O–H groups in total. The van der Waals surface area contributed by atoms with Gasteiger partial charge in [-0.2, -0.15) is 11.3 Å². The average molecular weight is 316 g/mol. The Morgan fingerprint density at radius 3 is 2.82 bits per heavy atom. The highest BCUT2D eigenvalue weighted by atomic mass is 79.9. The fourth-order valence-corrected chi connectivity index (χ4v) is 4.72. The molecular formula is C14H22BrNS. The Hall–Kier alpha value is 0.140. The first-order valence-corrected chi connectivity index (χ1v) is 8.13. The van der Waals surface area contributed by atoms with Crippen molar-refractivity contribution >= 4 is 27.3 Å². The van der Waals surface area contributed by atoms with Gasteiger partial charge in [-0.25, -0.2) is 0 Å². The summed E-state index contributed by atoms with van der Waals surface area (Å²) in [7, 11) is 2.07. The molecule has 1 heterocycles. The number of hydrogen-bond acceptors (Lipinski definition) is 2. The quantitative estimate of drug-likeness (QED) is 0.856. The van der Waals surface area contributed by atoms with Gasteiger partial charge in [-0.1, -0.05) is 13.8 Å². The van der Waals surface area contributed by atoms with Crippen LogP contribution in [0.3, 0.4) is 0 Å². The van der Waals surface area contributed by atoms with Gasteiger partial charge in [-0.05, 0) is 77.0 Å². The summed E-state index contributed by atoms with van der Waals surface area (Å²) >= 11 is 5.52. The minimum Gasteiger partial charge on any atom is -0.319 e. The first-order valence-electron chi connectivity index (χ1n) is 6.40. The van der Waals surface area contributed by atoms with Gasteiger partial charge in [0, 0.05) is 9.85 Å². The Bertz CT molecular complexity index is 372. The van der Waals surface area contributed by atoms with Gasteiger partial charge in [0.25, 0.3) is 0 Å². The zero-order chi connectivity index (χ0) is 12.5. The van der Waals surface area contributed by atoms with Gasteiger partial charge in [-0.3, -0.25) is 0 Å². The summed E-state index contributed by atoms with van der Waals surface area (Å²) in [5.74, 6) is 1.51. The second-order valence-corrected chi connectivity index (χ2v) is 7.60. The van der Waals surface area contributed by atoms with Crippen molar-refractivity contribution in [2.75, 3.05) is 13.6 Å². The molecule has 0 radical (unpaired) electrons. The van der Waals surface area contributed by atoms with Gasteiger partial charge in [0.2, 0.25) is 0 Å². The van der Waals surface area contributed by atoms with E-state index >= 15 is 0 Å². The van der Waals surface area contributed by atoms with Gasteiger partial charge in [0.15, 0.2) is 0 Å². The molecule has 96 valence electrons. The predicted molar refractivity (Wildman–Crippen MR) is 79.8 cm³/mol. The highest BCUT2D eigenvalue weighted by Crippen LogP contribution is 2.48. The summed E-state index contributed by atoms with van der Waals surface area (Å²) in [6.07, 6.45) is 4.02. The van der Waals surface area contributed by atoms with Crippen LogP contribution in [0.1, 0.15) is 44.6 Å². The number of hydrogen-bond donors (Lipinski definition) is 1. The molecule has 17 heavy (non-hydrogen) atoms. The van der Waals surface area contributed by atoms with Crippen molar-refractivity contribution in [3.63, 3.8) is 0 Å². The fraction of sp³-hybridized carbons (Fsp3) is 0.714. The number of halogens is 1. The van der Waals surface area contributed by atoms with Crippen LogP contribution in [0, 0.1) is 11.3 Å². The monoisotopic (exact) mass is 315 g/mol. The second kappa shape index (κ2) is 5.41. The highest BCUT2D eigenvalue weighted by molar-refractivity contribution is 9.10. The first kappa shape index (κ1) is 13.6. The van der Waals surface area contributed by atoms with Crippen molar-refractivity contribution in [3.05, 3.63) is 20.8 Å². The lowest BCUT2D eigenvalue weighted by Gasteiger charge is -2.41. The molecule has 0 amide bonds. The molecule has 3 heteroatoms. The average Bonchev–Trinajstić information content (AvgIpc) is 2.67. The van der Waals surface area contributed by atoms with Crippen LogP contribution in [0.4, 0.5) is 0 Å². The van der Waals surface area contributed by atoms with Crippen LogP contribution in [0.2, 0.25) is 0 Å². The molecule has 2 atom stereocenters. The van der Waals surface area contributed by atoms with E-state index in [9.17, 15) is 0 Å². The SMILES string of the molecule is CNCC1CCC(C)(C)CC1c1cscc1Br. The molecule has 2 rings (SSSR count). The standard InChI is InChI=1S/C14H22BrNS/c1-14(2)5-4-10(7-16-3)11(6-14)12-8-17-9-13(12)15/h8-11,16H,4-7H2,1-3H3. The van der Waals surface area contributed by atoms with Crippen LogP contribution in [0.25, 0.3) is 0 Å². The molecule has 1 fully saturated rings. The van der Waals surface area contributed by atoms with E-state index in [2.05, 4.69) is 52.9 Å². The summed E-state index contributed by atoms with van der Waals surface area (Å²) in [4.78, 5) is 0. The smallest absolute Gasteiger partial charge is 0.0317 e. The lowest BCUT2D eigenvalue weighted by molar-refractivity contribution is 0.161. The molecule has 1 aromatic rings. The molecule has 1 aliphatic rings. The maximum Gasteiger partial charge on any atom is 0.0317 e. The summed E-state index contributed by atoms with van der Waals surface area (Å²) in [6.45, 7) is 5.97. The molecule has 1 nitrogen and oxygen atoms in total. The van der Waals surface area contributed by atoms with Gasteiger partial charge < -0.3 is 5.32 Å². The third-order valence-corrected chi connectivity index (χ3v) is 5.79. The molecule has 0 saturated heterocycles. The molecular weight excluding hydrogens is 294 g/mol. The molecule has 2 unspecified atom stereocenters. The summed E-state index contributed by atoms with van der Waals surface area (Å²) in [6, 6.07) is 0.